The van der Waals surface area contributed by atoms with Crippen molar-refractivity contribution in [1.29, 1.82) is 0 Å². The van der Waals surface area contributed by atoms with Crippen molar-refractivity contribution >= 4 is 17.9 Å². The molecular formula is C18H23F9O6. The predicted molar refractivity (Wildman–Crippen MR) is 91.4 cm³/mol. The highest BCUT2D eigenvalue weighted by Crippen LogP contribution is 2.53. The van der Waals surface area contributed by atoms with E-state index < -0.39 is 68.1 Å². The van der Waals surface area contributed by atoms with Crippen molar-refractivity contribution in [3.8, 4) is 0 Å². The van der Waals surface area contributed by atoms with E-state index >= 15 is 0 Å². The Morgan fingerprint density at radius 2 is 1.18 bits per heavy atom. The van der Waals surface area contributed by atoms with Crippen LogP contribution >= 0.6 is 0 Å². The van der Waals surface area contributed by atoms with Crippen LogP contribution in [0, 0.1) is 5.41 Å². The Bertz CT molecular complexity index is 689. The number of hydrogen-bond acceptors (Lipinski definition) is 6. The summed E-state index contributed by atoms with van der Waals surface area (Å²) in [5.41, 5.74) is -0.136. The summed E-state index contributed by atoms with van der Waals surface area (Å²) in [5.74, 6) is -23.5. The standard InChI is InChI=1S/C18H23F9O6/c1-4-14(2,3)6-5-11(28)32-10-33-13(30)9-12(29)31-8-7-15(19,20)16(21,22)17(23,24)18(25,26)27/h4-10H2,1-3H3. The molecule has 0 aromatic rings. The van der Waals surface area contributed by atoms with Gasteiger partial charge in [-0.25, -0.2) is 0 Å². The van der Waals surface area contributed by atoms with Crippen molar-refractivity contribution in [3.63, 3.8) is 0 Å². The highest BCUT2D eigenvalue weighted by atomic mass is 19.4. The molecule has 0 atom stereocenters. The third-order valence-electron chi connectivity index (χ3n) is 4.58. The summed E-state index contributed by atoms with van der Waals surface area (Å²) in [7, 11) is 0. The summed E-state index contributed by atoms with van der Waals surface area (Å²) in [5, 5.41) is 0. The van der Waals surface area contributed by atoms with Gasteiger partial charge in [0.15, 0.2) is 0 Å². The molecule has 0 rings (SSSR count). The van der Waals surface area contributed by atoms with Crippen molar-refractivity contribution in [3.05, 3.63) is 0 Å². The molecule has 0 saturated heterocycles. The van der Waals surface area contributed by atoms with Crippen molar-refractivity contribution in [2.75, 3.05) is 13.4 Å². The van der Waals surface area contributed by atoms with Crippen LogP contribution in [0.1, 0.15) is 52.9 Å². The molecule has 0 aliphatic rings. The Balaban J connectivity index is 4.46. The average Bonchev–Trinajstić information content (AvgIpc) is 2.65. The van der Waals surface area contributed by atoms with Crippen molar-refractivity contribution < 1.29 is 68.1 Å². The Morgan fingerprint density at radius 3 is 1.67 bits per heavy atom. The van der Waals surface area contributed by atoms with E-state index in [1.54, 1.807) is 0 Å². The van der Waals surface area contributed by atoms with E-state index in [0.717, 1.165) is 6.42 Å². The van der Waals surface area contributed by atoms with Gasteiger partial charge in [-0.15, -0.1) is 0 Å². The topological polar surface area (TPSA) is 78.9 Å². The summed E-state index contributed by atoms with van der Waals surface area (Å²) < 4.78 is 127. The molecule has 0 unspecified atom stereocenters. The average molecular weight is 506 g/mol. The summed E-state index contributed by atoms with van der Waals surface area (Å²) in [6, 6.07) is 0. The molecule has 0 fully saturated rings. The third kappa shape index (κ3) is 8.91. The number of alkyl halides is 9. The van der Waals surface area contributed by atoms with Crippen LogP contribution in [-0.2, 0) is 28.6 Å². The maximum absolute atomic E-state index is 13.3. The molecule has 194 valence electrons. The second-order valence-electron chi connectivity index (χ2n) is 7.67. The van der Waals surface area contributed by atoms with E-state index in [2.05, 4.69) is 14.2 Å². The first-order chi connectivity index (χ1) is 14.7. The van der Waals surface area contributed by atoms with Crippen molar-refractivity contribution in [2.24, 2.45) is 5.41 Å². The van der Waals surface area contributed by atoms with E-state index in [9.17, 15) is 53.9 Å². The summed E-state index contributed by atoms with van der Waals surface area (Å²) in [6.45, 7) is 3.13. The first-order valence-electron chi connectivity index (χ1n) is 9.37. The monoisotopic (exact) mass is 506 g/mol. The minimum absolute atomic E-state index is 0.00661. The van der Waals surface area contributed by atoms with Gasteiger partial charge in [0.25, 0.3) is 0 Å². The zero-order valence-corrected chi connectivity index (χ0v) is 17.8. The zero-order valence-electron chi connectivity index (χ0n) is 17.8. The van der Waals surface area contributed by atoms with E-state index in [-0.39, 0.29) is 11.8 Å². The molecule has 6 nitrogen and oxygen atoms in total. The molecule has 0 spiro atoms. The van der Waals surface area contributed by atoms with Gasteiger partial charge in [0.2, 0.25) is 6.79 Å². The molecule has 33 heavy (non-hydrogen) atoms. The Hall–Kier alpha value is -2.22. The van der Waals surface area contributed by atoms with Gasteiger partial charge >= 0.3 is 41.9 Å². The Kier molecular flexibility index (Phi) is 10.5. The van der Waals surface area contributed by atoms with E-state index in [1.165, 1.54) is 0 Å². The van der Waals surface area contributed by atoms with Crippen LogP contribution < -0.4 is 0 Å². The van der Waals surface area contributed by atoms with Crippen LogP contribution in [0.15, 0.2) is 0 Å². The summed E-state index contributed by atoms with van der Waals surface area (Å²) >= 11 is 0. The van der Waals surface area contributed by atoms with E-state index in [0.29, 0.717) is 6.42 Å². The van der Waals surface area contributed by atoms with Gasteiger partial charge in [-0.3, -0.25) is 14.4 Å². The van der Waals surface area contributed by atoms with Crippen molar-refractivity contribution in [2.45, 2.75) is 76.8 Å². The Morgan fingerprint density at radius 1 is 0.697 bits per heavy atom. The molecule has 0 amide bonds. The smallest absolute Gasteiger partial charge is 0.460 e. The Labute approximate surface area is 182 Å². The fraction of sp³-hybridized carbons (Fsp3) is 0.833. The normalized spacial score (nSPS) is 13.5. The van der Waals surface area contributed by atoms with Gasteiger partial charge in [0.05, 0.1) is 13.0 Å². The lowest BCUT2D eigenvalue weighted by molar-refractivity contribution is -0.397. The number of carbonyl (C=O) groups excluding carboxylic acids is 3. The lowest BCUT2D eigenvalue weighted by Crippen LogP contribution is -2.61. The highest BCUT2D eigenvalue weighted by Gasteiger charge is 2.81. The SMILES string of the molecule is CCC(C)(C)CCC(=O)OCOC(=O)CC(=O)OCCC(F)(F)C(F)(F)C(F)(F)C(F)(F)F. The lowest BCUT2D eigenvalue weighted by atomic mass is 9.85. The minimum Gasteiger partial charge on any atom is -0.465 e. The van der Waals surface area contributed by atoms with E-state index in [4.69, 9.17) is 0 Å². The first-order valence-corrected chi connectivity index (χ1v) is 9.37. The summed E-state index contributed by atoms with van der Waals surface area (Å²) in [4.78, 5) is 34.1. The molecule has 0 bridgehead atoms. The van der Waals surface area contributed by atoms with Crippen LogP contribution in [-0.4, -0.2) is 55.3 Å². The van der Waals surface area contributed by atoms with Crippen LogP contribution in [0.4, 0.5) is 39.5 Å². The minimum atomic E-state index is -7.05. The van der Waals surface area contributed by atoms with Crippen LogP contribution in [0.5, 0.6) is 0 Å². The number of halogens is 9. The predicted octanol–water partition coefficient (Wildman–Crippen LogP) is 5.04. The molecule has 0 N–H and O–H groups in total. The number of hydrogen-bond donors (Lipinski definition) is 0. The number of carbonyl (C=O) groups is 3. The van der Waals surface area contributed by atoms with Crippen molar-refractivity contribution in [1.82, 2.24) is 0 Å². The fourth-order valence-corrected chi connectivity index (χ4v) is 1.93. The maximum Gasteiger partial charge on any atom is 0.460 e. The van der Waals surface area contributed by atoms with Gasteiger partial charge in [0, 0.05) is 6.42 Å². The molecule has 0 aromatic carbocycles. The van der Waals surface area contributed by atoms with Crippen LogP contribution in [0.25, 0.3) is 0 Å². The number of esters is 3. The molecule has 0 heterocycles. The molecule has 0 saturated carbocycles. The quantitative estimate of drug-likeness (QED) is 0.151. The van der Waals surface area contributed by atoms with Crippen LogP contribution in [0.3, 0.4) is 0 Å². The largest absolute Gasteiger partial charge is 0.465 e. The van der Waals surface area contributed by atoms with E-state index in [1.807, 2.05) is 20.8 Å². The van der Waals surface area contributed by atoms with Gasteiger partial charge < -0.3 is 14.2 Å². The fourth-order valence-electron chi connectivity index (χ4n) is 1.93. The maximum atomic E-state index is 13.3. The van der Waals surface area contributed by atoms with Gasteiger partial charge in [-0.05, 0) is 11.8 Å². The molecule has 15 heteroatoms. The van der Waals surface area contributed by atoms with Gasteiger partial charge in [0.1, 0.15) is 6.42 Å². The molecule has 0 aromatic heterocycles. The molecular weight excluding hydrogens is 483 g/mol. The lowest BCUT2D eigenvalue weighted by Gasteiger charge is -2.33. The molecule has 0 aliphatic carbocycles. The number of rotatable bonds is 13. The highest BCUT2D eigenvalue weighted by molar-refractivity contribution is 5.91. The third-order valence-corrected chi connectivity index (χ3v) is 4.58. The zero-order chi connectivity index (χ0) is 26.3. The number of ether oxygens (including phenoxy) is 3. The molecule has 0 radical (unpaired) electrons. The summed E-state index contributed by atoms with van der Waals surface area (Å²) in [6.07, 6.45) is -9.35. The molecule has 0 aliphatic heterocycles. The van der Waals surface area contributed by atoms with Crippen LogP contribution in [0.2, 0.25) is 0 Å². The first kappa shape index (κ1) is 30.8. The second kappa shape index (κ2) is 11.3. The second-order valence-corrected chi connectivity index (χ2v) is 7.67. The van der Waals surface area contributed by atoms with Gasteiger partial charge in [-0.2, -0.15) is 39.5 Å². The van der Waals surface area contributed by atoms with Gasteiger partial charge in [-0.1, -0.05) is 27.2 Å².